The zero-order valence-electron chi connectivity index (χ0n) is 19.1. The number of hydrogen-bond donors (Lipinski definition) is 1. The first kappa shape index (κ1) is 21.8. The van der Waals surface area contributed by atoms with Gasteiger partial charge in [-0.1, -0.05) is 49.4 Å². The van der Waals surface area contributed by atoms with Crippen molar-refractivity contribution >= 4 is 23.2 Å². The van der Waals surface area contributed by atoms with Gasteiger partial charge >= 0.3 is 0 Å². The molecule has 0 spiro atoms. The summed E-state index contributed by atoms with van der Waals surface area (Å²) in [5.74, 6) is 0.868. The third-order valence-electron chi connectivity index (χ3n) is 5.75. The number of rotatable bonds is 7. The van der Waals surface area contributed by atoms with Crippen LogP contribution in [0.3, 0.4) is 0 Å². The van der Waals surface area contributed by atoms with E-state index in [0.29, 0.717) is 6.42 Å². The number of aliphatic hydroxyl groups is 1. The van der Waals surface area contributed by atoms with Gasteiger partial charge in [0.2, 0.25) is 0 Å². The predicted molar refractivity (Wildman–Crippen MR) is 132 cm³/mol. The molecule has 4 nitrogen and oxygen atoms in total. The summed E-state index contributed by atoms with van der Waals surface area (Å²) in [6.07, 6.45) is 6.87. The van der Waals surface area contributed by atoms with Gasteiger partial charge in [0.05, 0.1) is 22.7 Å². The Morgan fingerprint density at radius 3 is 2.28 bits per heavy atom. The summed E-state index contributed by atoms with van der Waals surface area (Å²) in [6, 6.07) is 22.4. The first-order valence-corrected chi connectivity index (χ1v) is 11.1. The fourth-order valence-corrected chi connectivity index (χ4v) is 3.65. The second-order valence-electron chi connectivity index (χ2n) is 8.61. The predicted octanol–water partition coefficient (Wildman–Crippen LogP) is 6.60. The Morgan fingerprint density at radius 2 is 1.62 bits per heavy atom. The van der Waals surface area contributed by atoms with Crippen molar-refractivity contribution in [3.05, 3.63) is 89.7 Å². The Morgan fingerprint density at radius 1 is 0.969 bits per heavy atom. The summed E-state index contributed by atoms with van der Waals surface area (Å²) in [6.45, 7) is 7.88. The SMILES string of the molecule is CCC(C)(O)c1ccc(/C=C\c2ccc3c(c2)ncn3-c2ccc(OC(C)C)cc2)cc1. The van der Waals surface area contributed by atoms with Gasteiger partial charge in [0.1, 0.15) is 12.1 Å². The van der Waals surface area contributed by atoms with Gasteiger partial charge in [-0.2, -0.15) is 0 Å². The number of aromatic nitrogens is 2. The van der Waals surface area contributed by atoms with E-state index < -0.39 is 5.60 Å². The van der Waals surface area contributed by atoms with Gasteiger partial charge < -0.3 is 9.84 Å². The molecular formula is C28H30N2O2. The molecule has 0 aliphatic heterocycles. The number of benzene rings is 3. The maximum absolute atomic E-state index is 10.4. The van der Waals surface area contributed by atoms with Crippen molar-refractivity contribution in [1.82, 2.24) is 9.55 Å². The molecular weight excluding hydrogens is 396 g/mol. The van der Waals surface area contributed by atoms with E-state index in [0.717, 1.165) is 39.2 Å². The Hall–Kier alpha value is -3.37. The maximum atomic E-state index is 10.4. The molecule has 1 unspecified atom stereocenters. The van der Waals surface area contributed by atoms with E-state index in [1.807, 2.05) is 82.6 Å². The van der Waals surface area contributed by atoms with Crippen molar-refractivity contribution < 1.29 is 9.84 Å². The quantitative estimate of drug-likeness (QED) is 0.339. The van der Waals surface area contributed by atoms with E-state index in [2.05, 4.69) is 39.9 Å². The first-order valence-electron chi connectivity index (χ1n) is 11.1. The van der Waals surface area contributed by atoms with E-state index >= 15 is 0 Å². The van der Waals surface area contributed by atoms with Crippen LogP contribution in [0.4, 0.5) is 0 Å². The lowest BCUT2D eigenvalue weighted by molar-refractivity contribution is 0.0531. The number of hydrogen-bond acceptors (Lipinski definition) is 3. The average molecular weight is 427 g/mol. The molecule has 164 valence electrons. The fourth-order valence-electron chi connectivity index (χ4n) is 3.65. The van der Waals surface area contributed by atoms with Crippen LogP contribution < -0.4 is 4.74 Å². The molecule has 0 saturated heterocycles. The van der Waals surface area contributed by atoms with Crippen molar-refractivity contribution in [3.63, 3.8) is 0 Å². The van der Waals surface area contributed by atoms with Crippen molar-refractivity contribution in [2.24, 2.45) is 0 Å². The van der Waals surface area contributed by atoms with Crippen LogP contribution in [0.15, 0.2) is 73.1 Å². The van der Waals surface area contributed by atoms with E-state index in [1.54, 1.807) is 0 Å². The minimum atomic E-state index is -0.784. The molecule has 0 radical (unpaired) electrons. The molecule has 0 fully saturated rings. The summed E-state index contributed by atoms with van der Waals surface area (Å²) in [7, 11) is 0. The molecule has 1 heterocycles. The van der Waals surface area contributed by atoms with Crippen molar-refractivity contribution in [2.75, 3.05) is 0 Å². The fraction of sp³-hybridized carbons (Fsp3) is 0.250. The molecule has 0 aliphatic rings. The Labute approximate surface area is 189 Å². The highest BCUT2D eigenvalue weighted by molar-refractivity contribution is 5.82. The smallest absolute Gasteiger partial charge is 0.119 e. The second-order valence-corrected chi connectivity index (χ2v) is 8.61. The van der Waals surface area contributed by atoms with E-state index in [-0.39, 0.29) is 6.10 Å². The summed E-state index contributed by atoms with van der Waals surface area (Å²) >= 11 is 0. The van der Waals surface area contributed by atoms with Crippen LogP contribution in [0.25, 0.3) is 28.9 Å². The molecule has 1 aromatic heterocycles. The maximum Gasteiger partial charge on any atom is 0.119 e. The van der Waals surface area contributed by atoms with Gasteiger partial charge in [0, 0.05) is 5.69 Å². The monoisotopic (exact) mass is 426 g/mol. The molecule has 0 aliphatic carbocycles. The lowest BCUT2D eigenvalue weighted by atomic mass is 9.92. The molecule has 3 aromatic carbocycles. The van der Waals surface area contributed by atoms with E-state index in [4.69, 9.17) is 4.74 Å². The summed E-state index contributed by atoms with van der Waals surface area (Å²) < 4.78 is 7.82. The molecule has 0 bridgehead atoms. The van der Waals surface area contributed by atoms with Crippen molar-refractivity contribution in [2.45, 2.75) is 45.8 Å². The van der Waals surface area contributed by atoms with Gasteiger partial charge in [-0.25, -0.2) is 4.98 Å². The molecule has 0 amide bonds. The first-order chi connectivity index (χ1) is 15.4. The van der Waals surface area contributed by atoms with Gasteiger partial charge in [-0.3, -0.25) is 4.57 Å². The summed E-state index contributed by atoms with van der Waals surface area (Å²) in [5.41, 5.74) is 5.40. The zero-order chi connectivity index (χ0) is 22.7. The lowest BCUT2D eigenvalue weighted by Crippen LogP contribution is -2.19. The van der Waals surface area contributed by atoms with Crippen LogP contribution >= 0.6 is 0 Å². The Kier molecular flexibility index (Phi) is 6.15. The molecule has 4 aromatic rings. The van der Waals surface area contributed by atoms with Crippen LogP contribution in [0.2, 0.25) is 0 Å². The molecule has 0 saturated carbocycles. The van der Waals surface area contributed by atoms with Crippen LogP contribution in [0, 0.1) is 0 Å². The van der Waals surface area contributed by atoms with Crippen LogP contribution in [0.1, 0.15) is 50.8 Å². The highest BCUT2D eigenvalue weighted by atomic mass is 16.5. The highest BCUT2D eigenvalue weighted by Gasteiger charge is 2.19. The van der Waals surface area contributed by atoms with Crippen molar-refractivity contribution in [1.29, 1.82) is 0 Å². The second kappa shape index (κ2) is 9.01. The molecule has 1 N–H and O–H groups in total. The van der Waals surface area contributed by atoms with Crippen LogP contribution in [-0.2, 0) is 5.60 Å². The summed E-state index contributed by atoms with van der Waals surface area (Å²) in [4.78, 5) is 4.60. The average Bonchev–Trinajstić information content (AvgIpc) is 3.21. The number of ether oxygens (including phenoxy) is 1. The van der Waals surface area contributed by atoms with E-state index in [1.165, 1.54) is 0 Å². The van der Waals surface area contributed by atoms with Gasteiger partial charge in [0.15, 0.2) is 0 Å². The van der Waals surface area contributed by atoms with Crippen LogP contribution in [0.5, 0.6) is 5.75 Å². The highest BCUT2D eigenvalue weighted by Crippen LogP contribution is 2.25. The van der Waals surface area contributed by atoms with Gasteiger partial charge in [-0.05, 0) is 80.3 Å². The zero-order valence-corrected chi connectivity index (χ0v) is 19.1. The largest absolute Gasteiger partial charge is 0.491 e. The van der Waals surface area contributed by atoms with Gasteiger partial charge in [-0.15, -0.1) is 0 Å². The molecule has 1 atom stereocenters. The number of fused-ring (bicyclic) bond motifs is 1. The Bertz CT molecular complexity index is 1220. The number of imidazole rings is 1. The Balaban J connectivity index is 1.53. The minimum absolute atomic E-state index is 0.158. The lowest BCUT2D eigenvalue weighted by Gasteiger charge is -2.21. The third-order valence-corrected chi connectivity index (χ3v) is 5.75. The number of nitrogens with zero attached hydrogens (tertiary/aromatic N) is 2. The summed E-state index contributed by atoms with van der Waals surface area (Å²) in [5, 5.41) is 10.4. The molecule has 4 rings (SSSR count). The topological polar surface area (TPSA) is 47.3 Å². The molecule has 32 heavy (non-hydrogen) atoms. The normalized spacial score (nSPS) is 13.7. The minimum Gasteiger partial charge on any atom is -0.491 e. The third kappa shape index (κ3) is 4.76. The van der Waals surface area contributed by atoms with Crippen LogP contribution in [-0.4, -0.2) is 20.8 Å². The van der Waals surface area contributed by atoms with Crippen molar-refractivity contribution in [3.8, 4) is 11.4 Å². The van der Waals surface area contributed by atoms with E-state index in [9.17, 15) is 5.11 Å². The van der Waals surface area contributed by atoms with Gasteiger partial charge in [0.25, 0.3) is 0 Å². The molecule has 4 heteroatoms. The standard InChI is InChI=1S/C28H30N2O2/c1-5-28(4,31)23-11-8-21(9-12-23)6-7-22-10-17-27-26(18-22)29-19-30(27)24-13-15-25(16-14-24)32-20(2)3/h6-20,31H,5H2,1-4H3/b7-6-.